The fourth-order valence-corrected chi connectivity index (χ4v) is 3.83. The zero-order valence-corrected chi connectivity index (χ0v) is 17.7. The third-order valence-electron chi connectivity index (χ3n) is 5.42. The number of aromatic amines is 1. The molecule has 1 aliphatic rings. The van der Waals surface area contributed by atoms with Crippen LogP contribution in [-0.2, 0) is 22.7 Å². The molecule has 0 saturated carbocycles. The minimum Gasteiger partial charge on any atom is -0.455 e. The Kier molecular flexibility index (Phi) is 5.51. The summed E-state index contributed by atoms with van der Waals surface area (Å²) in [4.78, 5) is 30.9. The number of hydrogen-bond donors (Lipinski definition) is 1. The van der Waals surface area contributed by atoms with Crippen LogP contribution >= 0.6 is 0 Å². The van der Waals surface area contributed by atoms with Crippen LogP contribution in [0.1, 0.15) is 24.1 Å². The maximum atomic E-state index is 12.2. The van der Waals surface area contributed by atoms with Gasteiger partial charge < -0.3 is 19.4 Å². The van der Waals surface area contributed by atoms with Gasteiger partial charge in [-0.15, -0.1) is 0 Å². The molecule has 0 bridgehead atoms. The first kappa shape index (κ1) is 20.1. The van der Waals surface area contributed by atoms with Gasteiger partial charge in [0.25, 0.3) is 0 Å². The highest BCUT2D eigenvalue weighted by Crippen LogP contribution is 2.32. The van der Waals surface area contributed by atoms with E-state index >= 15 is 0 Å². The molecule has 1 amide bonds. The van der Waals surface area contributed by atoms with Gasteiger partial charge in [0.2, 0.25) is 5.91 Å². The summed E-state index contributed by atoms with van der Waals surface area (Å²) >= 11 is 0. The van der Waals surface area contributed by atoms with E-state index in [-0.39, 0.29) is 5.91 Å². The molecule has 0 spiro atoms. The summed E-state index contributed by atoms with van der Waals surface area (Å²) in [7, 11) is 1.64. The Morgan fingerprint density at radius 1 is 1.16 bits per heavy atom. The molecule has 32 heavy (non-hydrogen) atoms. The van der Waals surface area contributed by atoms with Crippen molar-refractivity contribution in [1.82, 2.24) is 24.8 Å². The van der Waals surface area contributed by atoms with Gasteiger partial charge >= 0.3 is 0 Å². The number of imidazole rings is 1. The van der Waals surface area contributed by atoms with E-state index in [0.717, 1.165) is 41.0 Å². The van der Waals surface area contributed by atoms with E-state index in [1.54, 1.807) is 19.5 Å². The van der Waals surface area contributed by atoms with Crippen molar-refractivity contribution in [2.45, 2.75) is 26.0 Å². The van der Waals surface area contributed by atoms with Crippen LogP contribution in [0.2, 0.25) is 0 Å². The smallest absolute Gasteiger partial charge is 0.222 e. The SMILES string of the molecule is COCc1ccc(Oc2cc3nc(-c4ccccn4)[nH]c3cc2CN2CCCC2=O)cn1. The van der Waals surface area contributed by atoms with Gasteiger partial charge in [-0.1, -0.05) is 6.07 Å². The number of nitrogens with zero attached hydrogens (tertiary/aromatic N) is 4. The topological polar surface area (TPSA) is 93.2 Å². The highest BCUT2D eigenvalue weighted by molar-refractivity contribution is 5.82. The Labute approximate surface area is 185 Å². The molecule has 4 aromatic rings. The summed E-state index contributed by atoms with van der Waals surface area (Å²) < 4.78 is 11.3. The average molecular weight is 429 g/mol. The lowest BCUT2D eigenvalue weighted by atomic mass is 10.1. The van der Waals surface area contributed by atoms with Crippen molar-refractivity contribution in [2.75, 3.05) is 13.7 Å². The van der Waals surface area contributed by atoms with Crippen LogP contribution in [0.15, 0.2) is 54.9 Å². The summed E-state index contributed by atoms with van der Waals surface area (Å²) in [6, 6.07) is 13.3. The molecule has 8 nitrogen and oxygen atoms in total. The number of carbonyl (C=O) groups excluding carboxylic acids is 1. The van der Waals surface area contributed by atoms with Gasteiger partial charge in [-0.25, -0.2) is 4.98 Å². The molecule has 1 saturated heterocycles. The predicted octanol–water partition coefficient (Wildman–Crippen LogP) is 4.08. The standard InChI is InChI=1S/C24H23N5O3/c1-31-15-17-7-8-18(13-26-17)32-22-12-21-20(11-16(22)14-29-10-4-6-23(29)30)27-24(28-21)19-5-2-3-9-25-19/h2-3,5,7-9,11-13H,4,6,10,14-15H2,1H3,(H,27,28). The fourth-order valence-electron chi connectivity index (χ4n) is 3.83. The van der Waals surface area contributed by atoms with Gasteiger partial charge in [-0.3, -0.25) is 14.8 Å². The van der Waals surface area contributed by atoms with Crippen LogP contribution in [0.4, 0.5) is 0 Å². The summed E-state index contributed by atoms with van der Waals surface area (Å²) in [6.07, 6.45) is 4.89. The van der Waals surface area contributed by atoms with Gasteiger partial charge in [-0.2, -0.15) is 0 Å². The normalized spacial score (nSPS) is 13.8. The number of nitrogens with one attached hydrogen (secondary N) is 1. The van der Waals surface area contributed by atoms with Crippen molar-refractivity contribution in [3.05, 3.63) is 66.1 Å². The van der Waals surface area contributed by atoms with Gasteiger partial charge in [0, 0.05) is 44.4 Å². The van der Waals surface area contributed by atoms with E-state index in [0.29, 0.717) is 36.9 Å². The third-order valence-corrected chi connectivity index (χ3v) is 5.42. The molecule has 1 fully saturated rings. The minimum atomic E-state index is 0.167. The van der Waals surface area contributed by atoms with E-state index in [2.05, 4.69) is 15.0 Å². The third kappa shape index (κ3) is 4.17. The molecule has 1 N–H and O–H groups in total. The minimum absolute atomic E-state index is 0.167. The number of carbonyl (C=O) groups is 1. The Bertz CT molecular complexity index is 1240. The largest absolute Gasteiger partial charge is 0.455 e. The first-order valence-electron chi connectivity index (χ1n) is 10.5. The molecular weight excluding hydrogens is 406 g/mol. The summed E-state index contributed by atoms with van der Waals surface area (Å²) in [6.45, 7) is 1.68. The highest BCUT2D eigenvalue weighted by atomic mass is 16.5. The zero-order valence-electron chi connectivity index (χ0n) is 17.7. The van der Waals surface area contributed by atoms with Crippen molar-refractivity contribution in [2.24, 2.45) is 0 Å². The molecule has 1 aromatic carbocycles. The summed E-state index contributed by atoms with van der Waals surface area (Å²) in [5.74, 6) is 2.11. The second-order valence-corrected chi connectivity index (χ2v) is 7.72. The lowest BCUT2D eigenvalue weighted by Gasteiger charge is -2.18. The number of ether oxygens (including phenoxy) is 2. The van der Waals surface area contributed by atoms with Crippen molar-refractivity contribution in [3.8, 4) is 23.0 Å². The van der Waals surface area contributed by atoms with Crippen LogP contribution in [0.5, 0.6) is 11.5 Å². The molecule has 0 unspecified atom stereocenters. The maximum absolute atomic E-state index is 12.2. The molecule has 3 aromatic heterocycles. The zero-order chi connectivity index (χ0) is 21.9. The molecular formula is C24H23N5O3. The van der Waals surface area contributed by atoms with Crippen LogP contribution in [-0.4, -0.2) is 44.4 Å². The number of likely N-dealkylation sites (tertiary alicyclic amines) is 1. The van der Waals surface area contributed by atoms with Gasteiger partial charge in [-0.05, 0) is 36.8 Å². The number of aromatic nitrogens is 4. The Morgan fingerprint density at radius 2 is 2.09 bits per heavy atom. The van der Waals surface area contributed by atoms with E-state index in [4.69, 9.17) is 14.5 Å². The fraction of sp³-hybridized carbons (Fsp3) is 0.250. The number of H-pyrrole nitrogens is 1. The molecule has 4 heterocycles. The molecule has 0 aliphatic carbocycles. The quantitative estimate of drug-likeness (QED) is 0.476. The Balaban J connectivity index is 1.51. The van der Waals surface area contributed by atoms with Crippen LogP contribution < -0.4 is 4.74 Å². The van der Waals surface area contributed by atoms with Crippen LogP contribution in [0.25, 0.3) is 22.6 Å². The van der Waals surface area contributed by atoms with E-state index in [1.807, 2.05) is 47.4 Å². The second-order valence-electron chi connectivity index (χ2n) is 7.72. The molecule has 5 rings (SSSR count). The lowest BCUT2D eigenvalue weighted by Crippen LogP contribution is -2.24. The highest BCUT2D eigenvalue weighted by Gasteiger charge is 2.22. The molecule has 0 atom stereocenters. The monoisotopic (exact) mass is 429 g/mol. The van der Waals surface area contributed by atoms with Crippen molar-refractivity contribution < 1.29 is 14.3 Å². The van der Waals surface area contributed by atoms with E-state index < -0.39 is 0 Å². The molecule has 8 heteroatoms. The summed E-state index contributed by atoms with van der Waals surface area (Å²) in [5.41, 5.74) is 4.13. The van der Waals surface area contributed by atoms with E-state index in [9.17, 15) is 4.79 Å². The molecule has 0 radical (unpaired) electrons. The van der Waals surface area contributed by atoms with Crippen molar-refractivity contribution >= 4 is 16.9 Å². The number of amides is 1. The Morgan fingerprint density at radius 3 is 2.81 bits per heavy atom. The predicted molar refractivity (Wildman–Crippen MR) is 119 cm³/mol. The average Bonchev–Trinajstić information content (AvgIpc) is 3.42. The maximum Gasteiger partial charge on any atom is 0.222 e. The lowest BCUT2D eigenvalue weighted by molar-refractivity contribution is -0.128. The van der Waals surface area contributed by atoms with Gasteiger partial charge in [0.15, 0.2) is 5.82 Å². The van der Waals surface area contributed by atoms with Gasteiger partial charge in [0.05, 0.1) is 29.5 Å². The van der Waals surface area contributed by atoms with Gasteiger partial charge in [0.1, 0.15) is 17.2 Å². The molecule has 162 valence electrons. The first-order valence-corrected chi connectivity index (χ1v) is 10.5. The summed E-state index contributed by atoms with van der Waals surface area (Å²) in [5, 5.41) is 0. The van der Waals surface area contributed by atoms with Crippen molar-refractivity contribution in [1.29, 1.82) is 0 Å². The second kappa shape index (κ2) is 8.76. The van der Waals surface area contributed by atoms with Crippen LogP contribution in [0, 0.1) is 0 Å². The number of hydrogen-bond acceptors (Lipinski definition) is 6. The first-order chi connectivity index (χ1) is 15.7. The number of fused-ring (bicyclic) bond motifs is 1. The number of pyridine rings is 2. The molecule has 1 aliphatic heterocycles. The van der Waals surface area contributed by atoms with Crippen molar-refractivity contribution in [3.63, 3.8) is 0 Å². The number of methoxy groups -OCH3 is 1. The Hall–Kier alpha value is -3.78. The van der Waals surface area contributed by atoms with Crippen LogP contribution in [0.3, 0.4) is 0 Å². The number of benzene rings is 1. The van der Waals surface area contributed by atoms with E-state index in [1.165, 1.54) is 0 Å². The number of rotatable bonds is 7.